The van der Waals surface area contributed by atoms with Crippen molar-refractivity contribution in [1.82, 2.24) is 14.9 Å². The van der Waals surface area contributed by atoms with Crippen LogP contribution >= 0.6 is 0 Å². The molecule has 0 atom stereocenters. The minimum atomic E-state index is 0.728. The molecule has 0 radical (unpaired) electrons. The van der Waals surface area contributed by atoms with Crippen molar-refractivity contribution in [3.8, 4) is 17.1 Å². The van der Waals surface area contributed by atoms with E-state index in [1.165, 1.54) is 32.4 Å². The largest absolute Gasteiger partial charge is 0.492 e. The van der Waals surface area contributed by atoms with E-state index in [1.807, 2.05) is 67.6 Å². The minimum Gasteiger partial charge on any atom is -0.492 e. The highest BCUT2D eigenvalue weighted by Gasteiger charge is 2.09. The van der Waals surface area contributed by atoms with Crippen molar-refractivity contribution >= 4 is 11.5 Å². The maximum absolute atomic E-state index is 5.91. The summed E-state index contributed by atoms with van der Waals surface area (Å²) in [5.74, 6) is 2.41. The average molecular weight is 389 g/mol. The predicted octanol–water partition coefficient (Wildman–Crippen LogP) is 5.06. The van der Waals surface area contributed by atoms with Gasteiger partial charge in [0, 0.05) is 29.6 Å². The molecule has 1 N–H and O–H groups in total. The zero-order valence-electron chi connectivity index (χ0n) is 17.0. The van der Waals surface area contributed by atoms with Gasteiger partial charge in [-0.25, -0.2) is 9.97 Å². The van der Waals surface area contributed by atoms with Crippen molar-refractivity contribution in [3.63, 3.8) is 0 Å². The molecule has 29 heavy (non-hydrogen) atoms. The van der Waals surface area contributed by atoms with Crippen LogP contribution in [0.3, 0.4) is 0 Å². The number of hydrogen-bond donors (Lipinski definition) is 1. The molecular weight excluding hydrogens is 360 g/mol. The minimum absolute atomic E-state index is 0.728. The maximum Gasteiger partial charge on any atom is 0.161 e. The van der Waals surface area contributed by atoms with E-state index in [2.05, 4.69) is 20.2 Å². The number of piperidine rings is 1. The van der Waals surface area contributed by atoms with Gasteiger partial charge in [-0.3, -0.25) is 4.90 Å². The summed E-state index contributed by atoms with van der Waals surface area (Å²) in [4.78, 5) is 11.7. The Morgan fingerprint density at radius 1 is 0.931 bits per heavy atom. The van der Waals surface area contributed by atoms with E-state index >= 15 is 0 Å². The molecule has 0 aliphatic carbocycles. The monoisotopic (exact) mass is 388 g/mol. The van der Waals surface area contributed by atoms with Gasteiger partial charge in [0.05, 0.1) is 0 Å². The third kappa shape index (κ3) is 5.55. The van der Waals surface area contributed by atoms with Gasteiger partial charge in [0.1, 0.15) is 18.2 Å². The van der Waals surface area contributed by atoms with E-state index in [9.17, 15) is 0 Å². The second-order valence-electron chi connectivity index (χ2n) is 7.48. The molecule has 1 aromatic heterocycles. The van der Waals surface area contributed by atoms with Crippen LogP contribution in [0.5, 0.6) is 5.75 Å². The number of likely N-dealkylation sites (tertiary alicyclic amines) is 1. The SMILES string of the molecule is Cc1cc(Nc2ccc(OCCN3CCCCC3)cc2)nc(-c2ccccc2)n1. The molecule has 0 amide bonds. The zero-order chi connectivity index (χ0) is 19.9. The van der Waals surface area contributed by atoms with Crippen LogP contribution in [0.4, 0.5) is 11.5 Å². The third-order valence-corrected chi connectivity index (χ3v) is 5.14. The van der Waals surface area contributed by atoms with E-state index in [0.717, 1.165) is 47.5 Å². The van der Waals surface area contributed by atoms with Crippen LogP contribution in [0, 0.1) is 6.92 Å². The summed E-state index contributed by atoms with van der Waals surface area (Å²) in [5.41, 5.74) is 2.92. The fourth-order valence-electron chi connectivity index (χ4n) is 3.61. The van der Waals surface area contributed by atoms with Gasteiger partial charge >= 0.3 is 0 Å². The standard InChI is InChI=1S/C24H28N4O/c1-19-18-23(27-24(25-19)20-8-4-2-5-9-20)26-21-10-12-22(13-11-21)29-17-16-28-14-6-3-7-15-28/h2,4-5,8-13,18H,3,6-7,14-17H2,1H3,(H,25,26,27). The number of aryl methyl sites for hydroxylation is 1. The molecule has 4 rings (SSSR count). The summed E-state index contributed by atoms with van der Waals surface area (Å²) in [7, 11) is 0. The van der Waals surface area contributed by atoms with E-state index in [1.54, 1.807) is 0 Å². The van der Waals surface area contributed by atoms with Crippen molar-refractivity contribution in [2.24, 2.45) is 0 Å². The molecule has 0 unspecified atom stereocenters. The first-order chi connectivity index (χ1) is 14.3. The van der Waals surface area contributed by atoms with Crippen LogP contribution in [0.25, 0.3) is 11.4 Å². The highest BCUT2D eigenvalue weighted by Crippen LogP contribution is 2.22. The number of benzene rings is 2. The molecule has 5 nitrogen and oxygen atoms in total. The molecular formula is C24H28N4O. The first kappa shape index (κ1) is 19.4. The Kier molecular flexibility index (Phi) is 6.37. The Bertz CT molecular complexity index is 906. The molecule has 150 valence electrons. The number of nitrogens with zero attached hydrogens (tertiary/aromatic N) is 3. The molecule has 0 saturated carbocycles. The summed E-state index contributed by atoms with van der Waals surface area (Å²) in [6.45, 7) is 6.13. The number of anilines is 2. The van der Waals surface area contributed by atoms with E-state index in [4.69, 9.17) is 4.74 Å². The summed E-state index contributed by atoms with van der Waals surface area (Å²) in [5, 5.41) is 3.38. The normalized spacial score (nSPS) is 14.5. The van der Waals surface area contributed by atoms with Gasteiger partial charge in [-0.1, -0.05) is 36.8 Å². The van der Waals surface area contributed by atoms with Gasteiger partial charge < -0.3 is 10.1 Å². The van der Waals surface area contributed by atoms with Gasteiger partial charge in [0.2, 0.25) is 0 Å². The van der Waals surface area contributed by atoms with Gasteiger partial charge in [-0.2, -0.15) is 0 Å². The number of ether oxygens (including phenoxy) is 1. The van der Waals surface area contributed by atoms with Crippen LogP contribution in [-0.2, 0) is 0 Å². The average Bonchev–Trinajstić information content (AvgIpc) is 2.76. The Morgan fingerprint density at radius 3 is 2.45 bits per heavy atom. The highest BCUT2D eigenvalue weighted by molar-refractivity contribution is 5.62. The number of rotatable bonds is 7. The van der Waals surface area contributed by atoms with Crippen LogP contribution < -0.4 is 10.1 Å². The van der Waals surface area contributed by atoms with Gasteiger partial charge in [-0.15, -0.1) is 0 Å². The quantitative estimate of drug-likeness (QED) is 0.613. The Morgan fingerprint density at radius 2 is 1.69 bits per heavy atom. The summed E-state index contributed by atoms with van der Waals surface area (Å²) < 4.78 is 5.91. The van der Waals surface area contributed by atoms with Gasteiger partial charge in [0.25, 0.3) is 0 Å². The van der Waals surface area contributed by atoms with Crippen molar-refractivity contribution in [3.05, 3.63) is 66.4 Å². The summed E-state index contributed by atoms with van der Waals surface area (Å²) >= 11 is 0. The third-order valence-electron chi connectivity index (χ3n) is 5.14. The van der Waals surface area contributed by atoms with E-state index < -0.39 is 0 Å². The smallest absolute Gasteiger partial charge is 0.161 e. The number of aromatic nitrogens is 2. The fraction of sp³-hybridized carbons (Fsp3) is 0.333. The van der Waals surface area contributed by atoms with Crippen molar-refractivity contribution in [1.29, 1.82) is 0 Å². The van der Waals surface area contributed by atoms with Crippen LogP contribution in [0.15, 0.2) is 60.7 Å². The fourth-order valence-corrected chi connectivity index (χ4v) is 3.61. The molecule has 2 heterocycles. The Balaban J connectivity index is 1.35. The first-order valence-corrected chi connectivity index (χ1v) is 10.4. The van der Waals surface area contributed by atoms with Crippen LogP contribution in [0.2, 0.25) is 0 Å². The molecule has 1 saturated heterocycles. The van der Waals surface area contributed by atoms with Gasteiger partial charge in [0.15, 0.2) is 5.82 Å². The summed E-state index contributed by atoms with van der Waals surface area (Å²) in [6, 6.07) is 20.0. The van der Waals surface area contributed by atoms with Crippen molar-refractivity contribution in [2.75, 3.05) is 31.6 Å². The number of nitrogens with one attached hydrogen (secondary N) is 1. The lowest BCUT2D eigenvalue weighted by Crippen LogP contribution is -2.33. The Hall–Kier alpha value is -2.92. The first-order valence-electron chi connectivity index (χ1n) is 10.4. The topological polar surface area (TPSA) is 50.3 Å². The molecule has 1 aliphatic rings. The lowest BCUT2D eigenvalue weighted by atomic mass is 10.1. The summed E-state index contributed by atoms with van der Waals surface area (Å²) in [6.07, 6.45) is 3.99. The molecule has 5 heteroatoms. The predicted molar refractivity (Wildman–Crippen MR) is 118 cm³/mol. The van der Waals surface area contributed by atoms with Crippen LogP contribution in [0.1, 0.15) is 25.0 Å². The second-order valence-corrected chi connectivity index (χ2v) is 7.48. The van der Waals surface area contributed by atoms with Crippen molar-refractivity contribution in [2.45, 2.75) is 26.2 Å². The Labute approximate surface area is 172 Å². The van der Waals surface area contributed by atoms with Crippen LogP contribution in [-0.4, -0.2) is 41.1 Å². The zero-order valence-corrected chi connectivity index (χ0v) is 17.0. The molecule has 3 aromatic rings. The lowest BCUT2D eigenvalue weighted by Gasteiger charge is -2.26. The molecule has 1 aliphatic heterocycles. The maximum atomic E-state index is 5.91. The lowest BCUT2D eigenvalue weighted by molar-refractivity contribution is 0.183. The van der Waals surface area contributed by atoms with Crippen molar-refractivity contribution < 1.29 is 4.74 Å². The molecule has 0 bridgehead atoms. The molecule has 1 fully saturated rings. The van der Waals surface area contributed by atoms with E-state index in [0.29, 0.717) is 0 Å². The van der Waals surface area contributed by atoms with E-state index in [-0.39, 0.29) is 0 Å². The number of hydrogen-bond acceptors (Lipinski definition) is 5. The molecule has 2 aromatic carbocycles. The highest BCUT2D eigenvalue weighted by atomic mass is 16.5. The van der Waals surface area contributed by atoms with Gasteiger partial charge in [-0.05, 0) is 57.1 Å². The molecule has 0 spiro atoms. The second kappa shape index (κ2) is 9.52.